The number of H-pyrrole nitrogens is 1. The van der Waals surface area contributed by atoms with Crippen LogP contribution < -0.4 is 10.6 Å². The van der Waals surface area contributed by atoms with Crippen molar-refractivity contribution in [2.24, 2.45) is 0 Å². The minimum absolute atomic E-state index is 0.179. The van der Waals surface area contributed by atoms with Crippen LogP contribution in [-0.4, -0.2) is 27.8 Å². The summed E-state index contributed by atoms with van der Waals surface area (Å²) in [4.78, 5) is 30.1. The molecule has 0 radical (unpaired) electrons. The third-order valence-corrected chi connectivity index (χ3v) is 2.80. The van der Waals surface area contributed by atoms with E-state index in [-0.39, 0.29) is 6.04 Å². The number of fused-ring (bicyclic) bond motifs is 1. The van der Waals surface area contributed by atoms with E-state index >= 15 is 0 Å². The lowest BCUT2D eigenvalue weighted by molar-refractivity contribution is -0.136. The zero-order valence-corrected chi connectivity index (χ0v) is 9.56. The second kappa shape index (κ2) is 4.14. The topological polar surface area (TPSA) is 86.9 Å². The van der Waals surface area contributed by atoms with Crippen LogP contribution in [-0.2, 0) is 9.59 Å². The molecule has 0 atom stereocenters. The van der Waals surface area contributed by atoms with E-state index < -0.39 is 11.8 Å². The molecule has 92 valence electrons. The van der Waals surface area contributed by atoms with Gasteiger partial charge in [0.15, 0.2) is 0 Å². The molecule has 1 aliphatic carbocycles. The van der Waals surface area contributed by atoms with Crippen LogP contribution in [0.3, 0.4) is 0 Å². The number of aromatic amines is 1. The van der Waals surface area contributed by atoms with Gasteiger partial charge in [-0.25, -0.2) is 4.98 Å². The minimum atomic E-state index is -0.638. The van der Waals surface area contributed by atoms with Crippen molar-refractivity contribution in [1.82, 2.24) is 15.3 Å². The number of benzene rings is 1. The van der Waals surface area contributed by atoms with Gasteiger partial charge < -0.3 is 15.6 Å². The van der Waals surface area contributed by atoms with Crippen molar-refractivity contribution in [2.45, 2.75) is 18.9 Å². The average molecular weight is 244 g/mol. The van der Waals surface area contributed by atoms with Crippen LogP contribution in [0.2, 0.25) is 0 Å². The summed E-state index contributed by atoms with van der Waals surface area (Å²) in [5.41, 5.74) is 2.20. The SMILES string of the molecule is O=C(Nc1ccc2nc[nH]c2c1)C(=O)NC1CC1. The number of nitrogens with one attached hydrogen (secondary N) is 3. The Morgan fingerprint density at radius 1 is 1.28 bits per heavy atom. The Kier molecular flexibility index (Phi) is 2.47. The molecule has 1 aromatic carbocycles. The number of hydrogen-bond donors (Lipinski definition) is 3. The van der Waals surface area contributed by atoms with Crippen molar-refractivity contribution in [3.63, 3.8) is 0 Å². The average Bonchev–Trinajstić information content (AvgIpc) is 3.05. The van der Waals surface area contributed by atoms with Gasteiger partial charge in [-0.1, -0.05) is 0 Å². The summed E-state index contributed by atoms with van der Waals surface area (Å²) in [5.74, 6) is -1.22. The summed E-state index contributed by atoms with van der Waals surface area (Å²) in [6.07, 6.45) is 3.49. The first-order chi connectivity index (χ1) is 8.72. The third kappa shape index (κ3) is 2.17. The Morgan fingerprint density at radius 2 is 2.11 bits per heavy atom. The molecule has 1 aliphatic rings. The van der Waals surface area contributed by atoms with Crippen molar-refractivity contribution in [3.05, 3.63) is 24.5 Å². The van der Waals surface area contributed by atoms with Crippen molar-refractivity contribution in [2.75, 3.05) is 5.32 Å². The lowest BCUT2D eigenvalue weighted by atomic mass is 10.2. The van der Waals surface area contributed by atoms with E-state index in [4.69, 9.17) is 0 Å². The quantitative estimate of drug-likeness (QED) is 0.682. The summed E-state index contributed by atoms with van der Waals surface area (Å²) in [5, 5.41) is 5.19. The number of aromatic nitrogens is 2. The van der Waals surface area contributed by atoms with Crippen LogP contribution in [0.15, 0.2) is 24.5 Å². The predicted octanol–water partition coefficient (Wildman–Crippen LogP) is 0.780. The van der Waals surface area contributed by atoms with Gasteiger partial charge in [0, 0.05) is 11.7 Å². The first-order valence-corrected chi connectivity index (χ1v) is 5.77. The largest absolute Gasteiger partial charge is 0.345 e. The third-order valence-electron chi connectivity index (χ3n) is 2.80. The van der Waals surface area contributed by atoms with Crippen LogP contribution in [0, 0.1) is 0 Å². The molecule has 0 spiro atoms. The maximum Gasteiger partial charge on any atom is 0.313 e. The smallest absolute Gasteiger partial charge is 0.313 e. The van der Waals surface area contributed by atoms with Gasteiger partial charge in [0.25, 0.3) is 0 Å². The maximum absolute atomic E-state index is 11.6. The summed E-state index contributed by atoms with van der Waals surface area (Å²) in [6, 6.07) is 5.41. The van der Waals surface area contributed by atoms with Crippen molar-refractivity contribution in [1.29, 1.82) is 0 Å². The van der Waals surface area contributed by atoms with E-state index in [1.165, 1.54) is 0 Å². The Morgan fingerprint density at radius 3 is 2.89 bits per heavy atom. The normalized spacial score (nSPS) is 14.4. The lowest BCUT2D eigenvalue weighted by Gasteiger charge is -2.05. The monoisotopic (exact) mass is 244 g/mol. The number of anilines is 1. The Bertz CT molecular complexity index is 615. The van der Waals surface area contributed by atoms with Gasteiger partial charge in [-0.15, -0.1) is 0 Å². The molecule has 1 aromatic heterocycles. The fourth-order valence-corrected chi connectivity index (χ4v) is 1.68. The molecule has 1 fully saturated rings. The highest BCUT2D eigenvalue weighted by Crippen LogP contribution is 2.19. The molecule has 6 nitrogen and oxygen atoms in total. The molecule has 0 bridgehead atoms. The van der Waals surface area contributed by atoms with Crippen LogP contribution in [0.25, 0.3) is 11.0 Å². The highest BCUT2D eigenvalue weighted by atomic mass is 16.2. The van der Waals surface area contributed by atoms with Crippen LogP contribution >= 0.6 is 0 Å². The minimum Gasteiger partial charge on any atom is -0.345 e. The van der Waals surface area contributed by atoms with Gasteiger partial charge in [-0.05, 0) is 31.0 Å². The summed E-state index contributed by atoms with van der Waals surface area (Å²) in [6.45, 7) is 0. The van der Waals surface area contributed by atoms with E-state index in [0.717, 1.165) is 23.9 Å². The fraction of sp³-hybridized carbons (Fsp3) is 0.250. The molecule has 0 saturated heterocycles. The molecule has 2 amide bonds. The Balaban J connectivity index is 1.70. The summed E-state index contributed by atoms with van der Waals surface area (Å²) in [7, 11) is 0. The van der Waals surface area contributed by atoms with Gasteiger partial charge in [-0.2, -0.15) is 0 Å². The number of rotatable bonds is 2. The van der Waals surface area contributed by atoms with Crippen LogP contribution in [0.5, 0.6) is 0 Å². The van der Waals surface area contributed by atoms with E-state index in [1.807, 2.05) is 0 Å². The Hall–Kier alpha value is -2.37. The zero-order valence-electron chi connectivity index (χ0n) is 9.56. The molecule has 0 unspecified atom stereocenters. The molecule has 1 heterocycles. The summed E-state index contributed by atoms with van der Waals surface area (Å²) >= 11 is 0. The van der Waals surface area contributed by atoms with Gasteiger partial charge in [-0.3, -0.25) is 9.59 Å². The molecule has 0 aliphatic heterocycles. The number of nitrogens with zero attached hydrogens (tertiary/aromatic N) is 1. The number of amides is 2. The second-order valence-electron chi connectivity index (χ2n) is 4.34. The first-order valence-electron chi connectivity index (χ1n) is 5.77. The first kappa shape index (κ1) is 10.8. The zero-order chi connectivity index (χ0) is 12.5. The Labute approximate surface area is 103 Å². The van der Waals surface area contributed by atoms with Gasteiger partial charge in [0.1, 0.15) is 0 Å². The van der Waals surface area contributed by atoms with E-state index in [0.29, 0.717) is 5.69 Å². The molecule has 3 N–H and O–H groups in total. The number of carbonyl (C=O) groups is 2. The number of hydrogen-bond acceptors (Lipinski definition) is 3. The summed E-state index contributed by atoms with van der Waals surface area (Å²) < 4.78 is 0. The standard InChI is InChI=1S/C12H12N4O2/c17-11(15-7-1-2-7)12(18)16-8-3-4-9-10(5-8)14-6-13-9/h3-7H,1-2H2,(H,13,14)(H,15,17)(H,16,18). The highest BCUT2D eigenvalue weighted by molar-refractivity contribution is 6.39. The van der Waals surface area contributed by atoms with Crippen molar-refractivity contribution < 1.29 is 9.59 Å². The van der Waals surface area contributed by atoms with E-state index in [9.17, 15) is 9.59 Å². The molecular weight excluding hydrogens is 232 g/mol. The predicted molar refractivity (Wildman–Crippen MR) is 65.9 cm³/mol. The molecule has 3 rings (SSSR count). The second-order valence-corrected chi connectivity index (χ2v) is 4.34. The van der Waals surface area contributed by atoms with Gasteiger partial charge in [0.05, 0.1) is 17.4 Å². The lowest BCUT2D eigenvalue weighted by Crippen LogP contribution is -2.36. The van der Waals surface area contributed by atoms with E-state index in [2.05, 4.69) is 20.6 Å². The molecule has 2 aromatic rings. The molecule has 1 saturated carbocycles. The maximum atomic E-state index is 11.6. The van der Waals surface area contributed by atoms with Crippen molar-refractivity contribution >= 4 is 28.5 Å². The number of carbonyl (C=O) groups excluding carboxylic acids is 2. The molecule has 6 heteroatoms. The van der Waals surface area contributed by atoms with Crippen LogP contribution in [0.4, 0.5) is 5.69 Å². The van der Waals surface area contributed by atoms with E-state index in [1.54, 1.807) is 24.5 Å². The van der Waals surface area contributed by atoms with Crippen LogP contribution in [0.1, 0.15) is 12.8 Å². The highest BCUT2D eigenvalue weighted by Gasteiger charge is 2.26. The van der Waals surface area contributed by atoms with Gasteiger partial charge in [0.2, 0.25) is 0 Å². The molecular formula is C12H12N4O2. The van der Waals surface area contributed by atoms with Crippen molar-refractivity contribution in [3.8, 4) is 0 Å². The van der Waals surface area contributed by atoms with Gasteiger partial charge >= 0.3 is 11.8 Å². The molecule has 18 heavy (non-hydrogen) atoms. The number of imidazole rings is 1. The fourth-order valence-electron chi connectivity index (χ4n) is 1.68.